The molecule has 0 bridgehead atoms. The maximum Gasteiger partial charge on any atom is 0.356 e. The third-order valence-electron chi connectivity index (χ3n) is 2.25. The summed E-state index contributed by atoms with van der Waals surface area (Å²) < 4.78 is 1.58. The molecule has 0 atom stereocenters. The van der Waals surface area contributed by atoms with Crippen molar-refractivity contribution in [3.8, 4) is 5.82 Å². The van der Waals surface area contributed by atoms with Crippen LogP contribution in [0.15, 0.2) is 12.4 Å². The number of hydrogen-bond donors (Lipinski definition) is 1. The van der Waals surface area contributed by atoms with Gasteiger partial charge in [0.05, 0.1) is 0 Å². The first-order valence-corrected chi connectivity index (χ1v) is 5.15. The van der Waals surface area contributed by atoms with Gasteiger partial charge in [-0.2, -0.15) is 4.98 Å². The molecule has 2 heterocycles. The van der Waals surface area contributed by atoms with Gasteiger partial charge < -0.3 is 5.11 Å². The second-order valence-electron chi connectivity index (χ2n) is 3.49. The zero-order valence-corrected chi connectivity index (χ0v) is 9.93. The molecule has 0 aromatic carbocycles. The van der Waals surface area contributed by atoms with Gasteiger partial charge in [-0.05, 0) is 25.4 Å². The van der Waals surface area contributed by atoms with Crippen molar-refractivity contribution in [2.45, 2.75) is 13.8 Å². The van der Waals surface area contributed by atoms with Crippen molar-refractivity contribution in [2.75, 3.05) is 0 Å². The Morgan fingerprint density at radius 1 is 1.41 bits per heavy atom. The van der Waals surface area contributed by atoms with Crippen LogP contribution in [0.5, 0.6) is 0 Å². The Kier molecular flexibility index (Phi) is 2.81. The molecule has 6 nitrogen and oxygen atoms in total. The molecular weight excluding hydrogens is 244 g/mol. The first-order valence-electron chi connectivity index (χ1n) is 4.78. The van der Waals surface area contributed by atoms with Gasteiger partial charge in [-0.25, -0.2) is 14.8 Å². The molecular formula is C10H9ClN4O2. The van der Waals surface area contributed by atoms with E-state index in [1.54, 1.807) is 17.7 Å². The number of aromatic nitrogens is 4. The summed E-state index contributed by atoms with van der Waals surface area (Å²) in [6.45, 7) is 3.51. The fourth-order valence-electron chi connectivity index (χ4n) is 1.45. The number of aryl methyl sites for hydroxylation is 2. The Hall–Kier alpha value is -1.95. The van der Waals surface area contributed by atoms with Crippen molar-refractivity contribution >= 4 is 17.6 Å². The monoisotopic (exact) mass is 252 g/mol. The lowest BCUT2D eigenvalue weighted by Crippen LogP contribution is -2.02. The van der Waals surface area contributed by atoms with Gasteiger partial charge in [-0.1, -0.05) is 0 Å². The quantitative estimate of drug-likeness (QED) is 0.822. The molecule has 2 rings (SSSR count). The standard InChI is InChI=1S/C10H9ClN4O2/c1-5-3-12-10(11)14-8(5)15-4-7(9(16)17)13-6(15)2/h3-4H,1-2H3,(H,16,17). The molecule has 0 amide bonds. The molecule has 0 aliphatic heterocycles. The molecule has 17 heavy (non-hydrogen) atoms. The van der Waals surface area contributed by atoms with Gasteiger partial charge in [0.15, 0.2) is 5.69 Å². The summed E-state index contributed by atoms with van der Waals surface area (Å²) in [5, 5.41) is 8.97. The predicted octanol–water partition coefficient (Wildman–Crippen LogP) is 1.63. The lowest BCUT2D eigenvalue weighted by Gasteiger charge is -2.06. The fourth-order valence-corrected chi connectivity index (χ4v) is 1.58. The van der Waals surface area contributed by atoms with Gasteiger partial charge in [0.25, 0.3) is 0 Å². The summed E-state index contributed by atoms with van der Waals surface area (Å²) in [6, 6.07) is 0. The average Bonchev–Trinajstić information content (AvgIpc) is 2.64. The van der Waals surface area contributed by atoms with E-state index in [1.807, 2.05) is 6.92 Å². The van der Waals surface area contributed by atoms with Crippen LogP contribution in [-0.2, 0) is 0 Å². The van der Waals surface area contributed by atoms with Gasteiger partial charge >= 0.3 is 5.97 Å². The summed E-state index contributed by atoms with van der Waals surface area (Å²) in [4.78, 5) is 22.6. The van der Waals surface area contributed by atoms with Crippen LogP contribution in [0.2, 0.25) is 5.28 Å². The minimum atomic E-state index is -1.08. The highest BCUT2D eigenvalue weighted by molar-refractivity contribution is 6.28. The Bertz CT molecular complexity index is 594. The van der Waals surface area contributed by atoms with Gasteiger partial charge in [-0.3, -0.25) is 4.57 Å². The Morgan fingerprint density at radius 3 is 2.71 bits per heavy atom. The predicted molar refractivity (Wildman–Crippen MR) is 60.6 cm³/mol. The van der Waals surface area contributed by atoms with E-state index in [0.29, 0.717) is 11.6 Å². The molecule has 0 radical (unpaired) electrons. The topological polar surface area (TPSA) is 80.9 Å². The lowest BCUT2D eigenvalue weighted by atomic mass is 10.3. The molecule has 0 saturated heterocycles. The smallest absolute Gasteiger partial charge is 0.356 e. The minimum Gasteiger partial charge on any atom is -0.476 e. The number of rotatable bonds is 2. The molecule has 0 spiro atoms. The normalized spacial score (nSPS) is 10.5. The number of carboxylic acid groups (broad SMARTS) is 1. The van der Waals surface area contributed by atoms with Crippen LogP contribution in [0.25, 0.3) is 5.82 Å². The van der Waals surface area contributed by atoms with Crippen molar-refractivity contribution in [3.63, 3.8) is 0 Å². The molecule has 0 aliphatic rings. The third-order valence-corrected chi connectivity index (χ3v) is 2.43. The zero-order valence-electron chi connectivity index (χ0n) is 9.18. The van der Waals surface area contributed by atoms with Crippen LogP contribution < -0.4 is 0 Å². The van der Waals surface area contributed by atoms with Crippen LogP contribution in [0, 0.1) is 13.8 Å². The summed E-state index contributed by atoms with van der Waals surface area (Å²) in [7, 11) is 0. The van der Waals surface area contributed by atoms with E-state index in [-0.39, 0.29) is 11.0 Å². The van der Waals surface area contributed by atoms with Gasteiger partial charge in [0.1, 0.15) is 11.6 Å². The highest BCUT2D eigenvalue weighted by Crippen LogP contribution is 2.15. The first kappa shape index (κ1) is 11.5. The molecule has 7 heteroatoms. The molecule has 0 unspecified atom stereocenters. The molecule has 88 valence electrons. The Labute approximate surface area is 102 Å². The summed E-state index contributed by atoms with van der Waals surface area (Å²) in [5.74, 6) is -0.0209. The fraction of sp³-hybridized carbons (Fsp3) is 0.200. The molecule has 0 aliphatic carbocycles. The van der Waals surface area contributed by atoms with Gasteiger partial charge in [-0.15, -0.1) is 0 Å². The maximum absolute atomic E-state index is 10.8. The van der Waals surface area contributed by atoms with Crippen molar-refractivity contribution in [1.82, 2.24) is 19.5 Å². The Morgan fingerprint density at radius 2 is 2.12 bits per heavy atom. The van der Waals surface area contributed by atoms with Crippen LogP contribution >= 0.6 is 11.6 Å². The second kappa shape index (κ2) is 4.14. The van der Waals surface area contributed by atoms with E-state index in [9.17, 15) is 4.79 Å². The summed E-state index contributed by atoms with van der Waals surface area (Å²) in [5.41, 5.74) is 0.753. The SMILES string of the molecule is Cc1cnc(Cl)nc1-n1cc(C(=O)O)nc1C. The van der Waals surface area contributed by atoms with Crippen molar-refractivity contribution in [1.29, 1.82) is 0 Å². The van der Waals surface area contributed by atoms with Crippen LogP contribution in [-0.4, -0.2) is 30.6 Å². The van der Waals surface area contributed by atoms with E-state index < -0.39 is 5.97 Å². The zero-order chi connectivity index (χ0) is 12.6. The number of nitrogens with zero attached hydrogens (tertiary/aromatic N) is 4. The highest BCUT2D eigenvalue weighted by atomic mass is 35.5. The molecule has 1 N–H and O–H groups in total. The van der Waals surface area contributed by atoms with Gasteiger partial charge in [0.2, 0.25) is 5.28 Å². The maximum atomic E-state index is 10.8. The summed E-state index contributed by atoms with van der Waals surface area (Å²) >= 11 is 5.72. The molecule has 2 aromatic heterocycles. The first-order chi connectivity index (χ1) is 7.99. The van der Waals surface area contributed by atoms with E-state index in [0.717, 1.165) is 5.56 Å². The lowest BCUT2D eigenvalue weighted by molar-refractivity contribution is 0.0691. The number of aromatic carboxylic acids is 1. The molecule has 0 fully saturated rings. The van der Waals surface area contributed by atoms with Crippen LogP contribution in [0.3, 0.4) is 0 Å². The number of carbonyl (C=O) groups is 1. The third kappa shape index (κ3) is 2.12. The van der Waals surface area contributed by atoms with Crippen LogP contribution in [0.4, 0.5) is 0 Å². The van der Waals surface area contributed by atoms with E-state index in [2.05, 4.69) is 15.0 Å². The average molecular weight is 253 g/mol. The minimum absolute atomic E-state index is 0.0309. The Balaban J connectivity index is 2.60. The van der Waals surface area contributed by atoms with E-state index >= 15 is 0 Å². The molecule has 0 saturated carbocycles. The van der Waals surface area contributed by atoms with Crippen molar-refractivity contribution in [3.05, 3.63) is 34.8 Å². The summed E-state index contributed by atoms with van der Waals surface area (Å²) in [6.07, 6.45) is 2.98. The second-order valence-corrected chi connectivity index (χ2v) is 3.83. The van der Waals surface area contributed by atoms with Crippen LogP contribution in [0.1, 0.15) is 21.9 Å². The number of halogens is 1. The number of hydrogen-bond acceptors (Lipinski definition) is 4. The van der Waals surface area contributed by atoms with Crippen molar-refractivity contribution in [2.24, 2.45) is 0 Å². The van der Waals surface area contributed by atoms with Gasteiger partial charge in [0, 0.05) is 18.0 Å². The molecule has 2 aromatic rings. The van der Waals surface area contributed by atoms with Crippen molar-refractivity contribution < 1.29 is 9.90 Å². The van der Waals surface area contributed by atoms with E-state index in [1.165, 1.54) is 6.20 Å². The van der Waals surface area contributed by atoms with E-state index in [4.69, 9.17) is 16.7 Å². The largest absolute Gasteiger partial charge is 0.476 e. The number of imidazole rings is 1. The highest BCUT2D eigenvalue weighted by Gasteiger charge is 2.14. The number of carboxylic acids is 1.